The molecular weight excluding hydrogens is 191 g/mol. The van der Waals surface area contributed by atoms with Gasteiger partial charge in [-0.2, -0.15) is 13.2 Å². The van der Waals surface area contributed by atoms with E-state index in [1.54, 1.807) is 0 Å². The minimum atomic E-state index is -4.66. The molecule has 2 N–H and O–H groups in total. The van der Waals surface area contributed by atoms with Gasteiger partial charge in [0.2, 0.25) is 0 Å². The molecule has 0 aliphatic rings. The number of ether oxygens (including phenoxy) is 1. The zero-order valence-corrected chi connectivity index (χ0v) is 6.89. The molecule has 0 saturated heterocycles. The Balaban J connectivity index is 3.60. The molecule has 0 aliphatic carbocycles. The van der Waals surface area contributed by atoms with E-state index in [1.807, 2.05) is 0 Å². The van der Waals surface area contributed by atoms with E-state index in [1.165, 1.54) is 0 Å². The van der Waals surface area contributed by atoms with Crippen LogP contribution < -0.4 is 5.32 Å². The zero-order chi connectivity index (χ0) is 10.5. The highest BCUT2D eigenvalue weighted by molar-refractivity contribution is 5.71. The first-order valence-electron chi connectivity index (χ1n) is 3.40. The Morgan fingerprint density at radius 1 is 1.62 bits per heavy atom. The van der Waals surface area contributed by atoms with E-state index >= 15 is 0 Å². The summed E-state index contributed by atoms with van der Waals surface area (Å²) < 4.78 is 39.1. The van der Waals surface area contributed by atoms with E-state index in [-0.39, 0.29) is 6.54 Å². The van der Waals surface area contributed by atoms with Crippen molar-refractivity contribution in [1.29, 1.82) is 0 Å². The summed E-state index contributed by atoms with van der Waals surface area (Å²) in [5.74, 6) is -0.686. The van der Waals surface area contributed by atoms with Crippen molar-refractivity contribution in [1.82, 2.24) is 5.32 Å². The number of rotatable bonds is 4. The molecule has 0 radical (unpaired) electrons. The third-order valence-electron chi connectivity index (χ3n) is 1.21. The maximum absolute atomic E-state index is 11.6. The van der Waals surface area contributed by atoms with Gasteiger partial charge in [-0.15, -0.1) is 0 Å². The second kappa shape index (κ2) is 5.03. The number of halogens is 3. The highest BCUT2D eigenvalue weighted by Gasteiger charge is 2.37. The quantitative estimate of drug-likeness (QED) is 0.611. The summed E-state index contributed by atoms with van der Waals surface area (Å²) in [6.45, 7) is -1.08. The standard InChI is InChI=1S/C6H10F3NO3/c1-13-5(12)3-10-2-4(11)6(7,8)9/h4,10-11H,2-3H2,1H3. The van der Waals surface area contributed by atoms with Crippen molar-refractivity contribution in [3.8, 4) is 0 Å². The van der Waals surface area contributed by atoms with Crippen LogP contribution in [0.4, 0.5) is 13.2 Å². The largest absolute Gasteiger partial charge is 0.468 e. The molecule has 78 valence electrons. The van der Waals surface area contributed by atoms with Gasteiger partial charge in [0.15, 0.2) is 6.10 Å². The van der Waals surface area contributed by atoms with Gasteiger partial charge in [-0.25, -0.2) is 0 Å². The molecule has 0 spiro atoms. The minimum Gasteiger partial charge on any atom is -0.468 e. The lowest BCUT2D eigenvalue weighted by Crippen LogP contribution is -2.40. The van der Waals surface area contributed by atoms with E-state index in [2.05, 4.69) is 10.1 Å². The van der Waals surface area contributed by atoms with Crippen molar-refractivity contribution in [2.75, 3.05) is 20.2 Å². The fourth-order valence-corrected chi connectivity index (χ4v) is 0.499. The second-order valence-corrected chi connectivity index (χ2v) is 2.26. The Labute approximate surface area is 72.7 Å². The van der Waals surface area contributed by atoms with Crippen LogP contribution in [0.1, 0.15) is 0 Å². The van der Waals surface area contributed by atoms with E-state index in [0.29, 0.717) is 0 Å². The number of alkyl halides is 3. The van der Waals surface area contributed by atoms with E-state index in [0.717, 1.165) is 7.11 Å². The molecule has 0 aliphatic heterocycles. The monoisotopic (exact) mass is 201 g/mol. The second-order valence-electron chi connectivity index (χ2n) is 2.26. The minimum absolute atomic E-state index is 0.357. The predicted molar refractivity (Wildman–Crippen MR) is 36.9 cm³/mol. The maximum Gasteiger partial charge on any atom is 0.415 e. The molecule has 0 fully saturated rings. The average molecular weight is 201 g/mol. The number of esters is 1. The number of methoxy groups -OCH3 is 1. The normalized spacial score (nSPS) is 13.9. The third kappa shape index (κ3) is 5.42. The summed E-state index contributed by atoms with van der Waals surface area (Å²) >= 11 is 0. The summed E-state index contributed by atoms with van der Waals surface area (Å²) in [6, 6.07) is 0. The number of aliphatic hydroxyl groups excluding tert-OH is 1. The molecule has 0 heterocycles. The average Bonchev–Trinajstić information content (AvgIpc) is 2.02. The molecule has 1 atom stereocenters. The molecule has 0 amide bonds. The molecule has 0 aromatic rings. The summed E-state index contributed by atoms with van der Waals surface area (Å²) in [5, 5.41) is 10.5. The first-order valence-corrected chi connectivity index (χ1v) is 3.40. The molecule has 7 heteroatoms. The van der Waals surface area contributed by atoms with Gasteiger partial charge in [0.25, 0.3) is 0 Å². The lowest BCUT2D eigenvalue weighted by Gasteiger charge is -2.14. The fraction of sp³-hybridized carbons (Fsp3) is 0.833. The van der Waals surface area contributed by atoms with Crippen LogP contribution in [0, 0.1) is 0 Å². The van der Waals surface area contributed by atoms with Gasteiger partial charge in [0.1, 0.15) is 0 Å². The number of nitrogens with one attached hydrogen (secondary N) is 1. The molecule has 0 bridgehead atoms. The Morgan fingerprint density at radius 3 is 2.54 bits per heavy atom. The van der Waals surface area contributed by atoms with Crippen LogP contribution in [0.2, 0.25) is 0 Å². The van der Waals surface area contributed by atoms with Gasteiger partial charge in [-0.1, -0.05) is 0 Å². The Morgan fingerprint density at radius 2 is 2.15 bits per heavy atom. The summed E-state index contributed by atoms with van der Waals surface area (Å²) in [6.07, 6.45) is -7.12. The van der Waals surface area contributed by atoms with Crippen molar-refractivity contribution < 1.29 is 27.8 Å². The lowest BCUT2D eigenvalue weighted by atomic mass is 10.3. The Hall–Kier alpha value is -0.820. The van der Waals surface area contributed by atoms with Crippen LogP contribution in [0.5, 0.6) is 0 Å². The molecule has 13 heavy (non-hydrogen) atoms. The van der Waals surface area contributed by atoms with Crippen LogP contribution in [0.3, 0.4) is 0 Å². The Bertz CT molecular complexity index is 171. The van der Waals surface area contributed by atoms with Gasteiger partial charge in [-0.05, 0) is 0 Å². The summed E-state index contributed by atoms with van der Waals surface area (Å²) in [5.41, 5.74) is 0. The van der Waals surface area contributed by atoms with Crippen molar-refractivity contribution >= 4 is 5.97 Å². The number of hydrogen-bond donors (Lipinski definition) is 2. The van der Waals surface area contributed by atoms with Gasteiger partial charge in [0, 0.05) is 6.54 Å². The summed E-state index contributed by atoms with van der Waals surface area (Å²) in [4.78, 5) is 10.4. The van der Waals surface area contributed by atoms with Crippen LogP contribution >= 0.6 is 0 Å². The molecule has 1 unspecified atom stereocenters. The van der Waals surface area contributed by atoms with Crippen LogP contribution in [-0.4, -0.2) is 43.6 Å². The van der Waals surface area contributed by atoms with Crippen LogP contribution in [0.15, 0.2) is 0 Å². The molecule has 0 saturated carbocycles. The summed E-state index contributed by atoms with van der Waals surface area (Å²) in [7, 11) is 1.12. The smallest absolute Gasteiger partial charge is 0.415 e. The van der Waals surface area contributed by atoms with Crippen LogP contribution in [0.25, 0.3) is 0 Å². The van der Waals surface area contributed by atoms with Crippen molar-refractivity contribution in [2.24, 2.45) is 0 Å². The van der Waals surface area contributed by atoms with Crippen molar-refractivity contribution in [3.05, 3.63) is 0 Å². The fourth-order valence-electron chi connectivity index (χ4n) is 0.499. The number of aliphatic hydroxyl groups is 1. The van der Waals surface area contributed by atoms with E-state index in [9.17, 15) is 18.0 Å². The maximum atomic E-state index is 11.6. The van der Waals surface area contributed by atoms with Gasteiger partial charge >= 0.3 is 12.1 Å². The molecular formula is C6H10F3NO3. The van der Waals surface area contributed by atoms with Gasteiger partial charge in [-0.3, -0.25) is 4.79 Å². The molecule has 0 aromatic heterocycles. The number of carbonyl (C=O) groups is 1. The highest BCUT2D eigenvalue weighted by Crippen LogP contribution is 2.18. The number of hydrogen-bond acceptors (Lipinski definition) is 4. The van der Waals surface area contributed by atoms with Crippen molar-refractivity contribution in [3.63, 3.8) is 0 Å². The molecule has 0 rings (SSSR count). The molecule has 4 nitrogen and oxygen atoms in total. The zero-order valence-electron chi connectivity index (χ0n) is 6.89. The first-order chi connectivity index (χ1) is 5.88. The van der Waals surface area contributed by atoms with Crippen LogP contribution in [-0.2, 0) is 9.53 Å². The SMILES string of the molecule is COC(=O)CNCC(O)C(F)(F)F. The third-order valence-corrected chi connectivity index (χ3v) is 1.21. The molecule has 0 aromatic carbocycles. The van der Waals surface area contributed by atoms with E-state index in [4.69, 9.17) is 5.11 Å². The number of carbonyl (C=O) groups excluding carboxylic acids is 1. The van der Waals surface area contributed by atoms with Gasteiger partial charge < -0.3 is 15.2 Å². The highest BCUT2D eigenvalue weighted by atomic mass is 19.4. The van der Waals surface area contributed by atoms with E-state index < -0.39 is 24.8 Å². The Kier molecular flexibility index (Phi) is 4.71. The van der Waals surface area contributed by atoms with Gasteiger partial charge in [0.05, 0.1) is 13.7 Å². The predicted octanol–water partition coefficient (Wildman–Crippen LogP) is -0.328. The van der Waals surface area contributed by atoms with Crippen molar-refractivity contribution in [2.45, 2.75) is 12.3 Å². The topological polar surface area (TPSA) is 58.6 Å². The first kappa shape index (κ1) is 12.2. The lowest BCUT2D eigenvalue weighted by molar-refractivity contribution is -0.202.